The Labute approximate surface area is 111 Å². The molecule has 100 valence electrons. The summed E-state index contributed by atoms with van der Waals surface area (Å²) in [5.74, 6) is 0.209. The summed E-state index contributed by atoms with van der Waals surface area (Å²) in [6, 6.07) is 3.29. The molecule has 2 rings (SSSR count). The van der Waals surface area contributed by atoms with Gasteiger partial charge in [0.15, 0.2) is 11.4 Å². The fraction of sp³-hybridized carbons (Fsp3) is 0.308. The number of rotatable bonds is 4. The molecule has 2 N–H and O–H groups in total. The van der Waals surface area contributed by atoms with E-state index >= 15 is 0 Å². The number of nitrogen functional groups attached to an aromatic ring is 1. The maximum atomic E-state index is 12.5. The predicted octanol–water partition coefficient (Wildman–Crippen LogP) is 1.68. The highest BCUT2D eigenvalue weighted by Crippen LogP contribution is 2.23. The van der Waals surface area contributed by atoms with Gasteiger partial charge in [-0.05, 0) is 26.0 Å². The molecule has 0 atom stereocenters. The molecule has 0 aliphatic carbocycles. The number of pyridine rings is 1. The van der Waals surface area contributed by atoms with Gasteiger partial charge in [0, 0.05) is 6.04 Å². The van der Waals surface area contributed by atoms with Gasteiger partial charge >= 0.3 is 0 Å². The number of aromatic nitrogens is 3. The van der Waals surface area contributed by atoms with Crippen LogP contribution in [-0.4, -0.2) is 27.7 Å². The fourth-order valence-electron chi connectivity index (χ4n) is 1.76. The van der Waals surface area contributed by atoms with Gasteiger partial charge in [0.2, 0.25) is 5.78 Å². The summed E-state index contributed by atoms with van der Waals surface area (Å²) in [4.78, 5) is 16.5. The van der Waals surface area contributed by atoms with Crippen molar-refractivity contribution in [3.05, 3.63) is 35.9 Å². The Morgan fingerprint density at radius 3 is 2.63 bits per heavy atom. The van der Waals surface area contributed by atoms with E-state index in [1.54, 1.807) is 16.8 Å². The number of methoxy groups -OCH3 is 1. The number of carbonyl (C=O) groups excluding carboxylic acids is 1. The molecule has 2 heterocycles. The van der Waals surface area contributed by atoms with Crippen molar-refractivity contribution in [1.29, 1.82) is 0 Å². The minimum absolute atomic E-state index is 0.0524. The third-order valence-corrected chi connectivity index (χ3v) is 2.71. The summed E-state index contributed by atoms with van der Waals surface area (Å²) >= 11 is 0. The Balaban J connectivity index is 2.48. The molecule has 0 spiro atoms. The third kappa shape index (κ3) is 2.42. The van der Waals surface area contributed by atoms with Crippen LogP contribution in [-0.2, 0) is 0 Å². The molecule has 0 radical (unpaired) electrons. The number of hydrogen-bond donors (Lipinski definition) is 1. The van der Waals surface area contributed by atoms with E-state index in [2.05, 4.69) is 10.1 Å². The molecule has 0 unspecified atom stereocenters. The molecule has 19 heavy (non-hydrogen) atoms. The third-order valence-electron chi connectivity index (χ3n) is 2.71. The Kier molecular flexibility index (Phi) is 3.50. The van der Waals surface area contributed by atoms with Crippen LogP contribution in [0.4, 0.5) is 5.69 Å². The van der Waals surface area contributed by atoms with E-state index in [0.717, 1.165) is 0 Å². The number of nitrogens with zero attached hydrogens (tertiary/aromatic N) is 3. The minimum Gasteiger partial charge on any atom is -0.493 e. The summed E-state index contributed by atoms with van der Waals surface area (Å²) in [5, 5.41) is 4.17. The van der Waals surface area contributed by atoms with Gasteiger partial charge in [0.05, 0.1) is 25.2 Å². The molecule has 0 aliphatic rings. The van der Waals surface area contributed by atoms with Crippen LogP contribution in [0.3, 0.4) is 0 Å². The number of nitrogens with two attached hydrogens (primary N) is 1. The lowest BCUT2D eigenvalue weighted by Crippen LogP contribution is -2.15. The van der Waals surface area contributed by atoms with Gasteiger partial charge in [0.25, 0.3) is 0 Å². The largest absolute Gasteiger partial charge is 0.493 e. The second kappa shape index (κ2) is 5.09. The Morgan fingerprint density at radius 2 is 2.11 bits per heavy atom. The first kappa shape index (κ1) is 13.1. The van der Waals surface area contributed by atoms with Gasteiger partial charge in [0.1, 0.15) is 5.69 Å². The van der Waals surface area contributed by atoms with Gasteiger partial charge in [-0.15, -0.1) is 0 Å². The quantitative estimate of drug-likeness (QED) is 0.846. The molecular weight excluding hydrogens is 244 g/mol. The van der Waals surface area contributed by atoms with E-state index in [-0.39, 0.29) is 11.8 Å². The van der Waals surface area contributed by atoms with E-state index in [0.29, 0.717) is 22.8 Å². The number of ether oxygens (including phenoxy) is 1. The summed E-state index contributed by atoms with van der Waals surface area (Å²) in [6.45, 7) is 3.89. The van der Waals surface area contributed by atoms with Crippen molar-refractivity contribution in [2.45, 2.75) is 19.9 Å². The van der Waals surface area contributed by atoms with Crippen LogP contribution < -0.4 is 10.5 Å². The smallest absolute Gasteiger partial charge is 0.233 e. The zero-order valence-corrected chi connectivity index (χ0v) is 11.1. The van der Waals surface area contributed by atoms with Gasteiger partial charge in [-0.3, -0.25) is 14.5 Å². The van der Waals surface area contributed by atoms with E-state index in [4.69, 9.17) is 10.5 Å². The first-order valence-corrected chi connectivity index (χ1v) is 5.92. The summed E-state index contributed by atoms with van der Waals surface area (Å²) < 4.78 is 6.81. The zero-order chi connectivity index (χ0) is 14.0. The maximum Gasteiger partial charge on any atom is 0.233 e. The summed E-state index contributed by atoms with van der Waals surface area (Å²) in [7, 11) is 1.51. The van der Waals surface area contributed by atoms with Crippen molar-refractivity contribution < 1.29 is 9.53 Å². The lowest BCUT2D eigenvalue weighted by Gasteiger charge is -2.11. The molecular formula is C13H16N4O2. The lowest BCUT2D eigenvalue weighted by molar-refractivity contribution is 0.101. The minimum atomic E-state index is -0.233. The SMILES string of the molecule is COc1cnn(C(C)C)c1C(=O)c1ccc(N)cn1. The first-order valence-electron chi connectivity index (χ1n) is 5.92. The average molecular weight is 260 g/mol. The van der Waals surface area contributed by atoms with E-state index in [1.807, 2.05) is 13.8 Å². The van der Waals surface area contributed by atoms with Crippen molar-refractivity contribution in [3.63, 3.8) is 0 Å². The molecule has 6 heteroatoms. The van der Waals surface area contributed by atoms with Crippen LogP contribution in [0, 0.1) is 0 Å². The molecule has 2 aromatic heterocycles. The summed E-state index contributed by atoms with van der Waals surface area (Å²) in [6.07, 6.45) is 2.99. The Morgan fingerprint density at radius 1 is 1.37 bits per heavy atom. The van der Waals surface area contributed by atoms with E-state index in [9.17, 15) is 4.79 Å². The second-order valence-electron chi connectivity index (χ2n) is 4.41. The van der Waals surface area contributed by atoms with Crippen LogP contribution in [0.2, 0.25) is 0 Å². The Bertz CT molecular complexity index is 587. The average Bonchev–Trinajstić information content (AvgIpc) is 2.82. The normalized spacial score (nSPS) is 10.7. The molecule has 0 fully saturated rings. The zero-order valence-electron chi connectivity index (χ0n) is 11.1. The van der Waals surface area contributed by atoms with Crippen molar-refractivity contribution in [2.75, 3.05) is 12.8 Å². The molecule has 0 saturated carbocycles. The summed E-state index contributed by atoms with van der Waals surface area (Å²) in [5.41, 5.74) is 6.79. The van der Waals surface area contributed by atoms with Gasteiger partial charge < -0.3 is 10.5 Å². The highest BCUT2D eigenvalue weighted by molar-refractivity contribution is 6.08. The maximum absolute atomic E-state index is 12.5. The highest BCUT2D eigenvalue weighted by atomic mass is 16.5. The van der Waals surface area contributed by atoms with Gasteiger partial charge in [-0.25, -0.2) is 0 Å². The highest BCUT2D eigenvalue weighted by Gasteiger charge is 2.23. The number of anilines is 1. The number of ketones is 1. The van der Waals surface area contributed by atoms with Crippen LogP contribution in [0.5, 0.6) is 5.75 Å². The molecule has 0 saturated heterocycles. The number of hydrogen-bond acceptors (Lipinski definition) is 5. The molecule has 0 amide bonds. The van der Waals surface area contributed by atoms with E-state index < -0.39 is 0 Å². The first-order chi connectivity index (χ1) is 9.04. The lowest BCUT2D eigenvalue weighted by atomic mass is 10.1. The topological polar surface area (TPSA) is 83.0 Å². The van der Waals surface area contributed by atoms with Crippen LogP contribution in [0.25, 0.3) is 0 Å². The van der Waals surface area contributed by atoms with Gasteiger partial charge in [-0.2, -0.15) is 5.10 Å². The van der Waals surface area contributed by atoms with Crippen molar-refractivity contribution in [2.24, 2.45) is 0 Å². The number of carbonyl (C=O) groups is 1. The second-order valence-corrected chi connectivity index (χ2v) is 4.41. The molecule has 6 nitrogen and oxygen atoms in total. The van der Waals surface area contributed by atoms with Crippen LogP contribution in [0.1, 0.15) is 36.1 Å². The monoisotopic (exact) mass is 260 g/mol. The molecule has 2 aromatic rings. The predicted molar refractivity (Wildman–Crippen MR) is 71.2 cm³/mol. The van der Waals surface area contributed by atoms with Crippen molar-refractivity contribution >= 4 is 11.5 Å². The van der Waals surface area contributed by atoms with Crippen LogP contribution >= 0.6 is 0 Å². The molecule has 0 aromatic carbocycles. The van der Waals surface area contributed by atoms with E-state index in [1.165, 1.54) is 19.5 Å². The van der Waals surface area contributed by atoms with Crippen molar-refractivity contribution in [1.82, 2.24) is 14.8 Å². The van der Waals surface area contributed by atoms with Gasteiger partial charge in [-0.1, -0.05) is 0 Å². The van der Waals surface area contributed by atoms with Crippen LogP contribution in [0.15, 0.2) is 24.5 Å². The standard InChI is InChI=1S/C13H16N4O2/c1-8(2)17-12(11(19-3)7-16-17)13(18)10-5-4-9(14)6-15-10/h4-8H,14H2,1-3H3. The fourth-order valence-corrected chi connectivity index (χ4v) is 1.76. The Hall–Kier alpha value is -2.37. The molecule has 0 aliphatic heterocycles. The van der Waals surface area contributed by atoms with Crippen molar-refractivity contribution in [3.8, 4) is 5.75 Å². The molecule has 0 bridgehead atoms.